The smallest absolute Gasteiger partial charge is 0.316 e. The van der Waals surface area contributed by atoms with Gasteiger partial charge in [-0.05, 0) is 5.56 Å². The van der Waals surface area contributed by atoms with E-state index in [9.17, 15) is 4.79 Å². The molecular formula is C18H16N2O2S2. The molecule has 3 rings (SSSR count). The molecule has 3 aromatic rings. The first-order valence-corrected chi connectivity index (χ1v) is 9.16. The van der Waals surface area contributed by atoms with Gasteiger partial charge in [0, 0.05) is 5.56 Å². The van der Waals surface area contributed by atoms with Crippen molar-refractivity contribution in [3.8, 4) is 11.3 Å². The molecule has 4 nitrogen and oxygen atoms in total. The molecule has 0 aliphatic heterocycles. The zero-order valence-electron chi connectivity index (χ0n) is 12.8. The lowest BCUT2D eigenvalue weighted by molar-refractivity contribution is -0.141. The Labute approximate surface area is 148 Å². The van der Waals surface area contributed by atoms with E-state index >= 15 is 0 Å². The highest BCUT2D eigenvalue weighted by Gasteiger charge is 2.13. The molecule has 1 aromatic heterocycles. The maximum atomic E-state index is 11.9. The number of hydrogen-bond acceptors (Lipinski definition) is 6. The summed E-state index contributed by atoms with van der Waals surface area (Å²) in [5.74, 6) is -0.0486. The van der Waals surface area contributed by atoms with E-state index in [-0.39, 0.29) is 18.3 Å². The summed E-state index contributed by atoms with van der Waals surface area (Å²) in [4.78, 5) is 16.4. The summed E-state index contributed by atoms with van der Waals surface area (Å²) in [7, 11) is 0. The average molecular weight is 356 g/mol. The molecule has 2 aromatic carbocycles. The minimum atomic E-state index is -0.265. The first-order chi connectivity index (χ1) is 11.7. The monoisotopic (exact) mass is 356 g/mol. The molecule has 0 atom stereocenters. The predicted octanol–water partition coefficient (Wildman–Crippen LogP) is 4.23. The van der Waals surface area contributed by atoms with Crippen molar-refractivity contribution in [2.24, 2.45) is 0 Å². The molecule has 122 valence electrons. The van der Waals surface area contributed by atoms with Crippen molar-refractivity contribution in [1.82, 2.24) is 4.98 Å². The van der Waals surface area contributed by atoms with Crippen LogP contribution in [0.15, 0.2) is 65.0 Å². The van der Waals surface area contributed by atoms with Crippen LogP contribution in [0.1, 0.15) is 5.56 Å². The van der Waals surface area contributed by atoms with Crippen LogP contribution >= 0.6 is 23.1 Å². The summed E-state index contributed by atoms with van der Waals surface area (Å²) in [6, 6.07) is 19.4. The van der Waals surface area contributed by atoms with Crippen molar-refractivity contribution >= 4 is 34.1 Å². The van der Waals surface area contributed by atoms with Gasteiger partial charge in [-0.3, -0.25) is 4.79 Å². The maximum absolute atomic E-state index is 11.9. The van der Waals surface area contributed by atoms with E-state index in [1.165, 1.54) is 23.1 Å². The number of thiazole rings is 1. The zero-order valence-corrected chi connectivity index (χ0v) is 14.5. The van der Waals surface area contributed by atoms with Crippen molar-refractivity contribution in [2.45, 2.75) is 10.9 Å². The third-order valence-electron chi connectivity index (χ3n) is 3.24. The molecule has 0 aliphatic carbocycles. The Balaban J connectivity index is 1.54. The second-order valence-corrected chi connectivity index (χ2v) is 7.25. The van der Waals surface area contributed by atoms with Gasteiger partial charge in [-0.1, -0.05) is 83.8 Å². The summed E-state index contributed by atoms with van der Waals surface area (Å²) in [5.41, 5.74) is 8.76. The van der Waals surface area contributed by atoms with Crippen molar-refractivity contribution in [2.75, 3.05) is 11.5 Å². The number of carbonyl (C=O) groups excluding carboxylic acids is 1. The van der Waals surface area contributed by atoms with E-state index in [2.05, 4.69) is 4.98 Å². The molecule has 0 saturated carbocycles. The number of rotatable bonds is 6. The number of esters is 1. The van der Waals surface area contributed by atoms with Crippen molar-refractivity contribution in [3.63, 3.8) is 0 Å². The van der Waals surface area contributed by atoms with Gasteiger partial charge in [-0.2, -0.15) is 0 Å². The van der Waals surface area contributed by atoms with E-state index < -0.39 is 0 Å². The van der Waals surface area contributed by atoms with Gasteiger partial charge in [0.2, 0.25) is 0 Å². The predicted molar refractivity (Wildman–Crippen MR) is 98.9 cm³/mol. The van der Waals surface area contributed by atoms with Crippen LogP contribution in [0, 0.1) is 0 Å². The fourth-order valence-corrected chi connectivity index (χ4v) is 3.82. The van der Waals surface area contributed by atoms with Crippen LogP contribution < -0.4 is 5.73 Å². The highest BCUT2D eigenvalue weighted by atomic mass is 32.2. The van der Waals surface area contributed by atoms with Gasteiger partial charge >= 0.3 is 5.97 Å². The number of nitrogens with two attached hydrogens (primary N) is 1. The van der Waals surface area contributed by atoms with Gasteiger partial charge in [-0.15, -0.1) is 0 Å². The van der Waals surface area contributed by atoms with Gasteiger partial charge in [0.15, 0.2) is 4.34 Å². The first kappa shape index (κ1) is 16.5. The van der Waals surface area contributed by atoms with Crippen LogP contribution in [0.25, 0.3) is 11.3 Å². The quantitative estimate of drug-likeness (QED) is 0.529. The highest BCUT2D eigenvalue weighted by molar-refractivity contribution is 8.01. The molecule has 6 heteroatoms. The lowest BCUT2D eigenvalue weighted by Gasteiger charge is -2.03. The average Bonchev–Trinajstić information content (AvgIpc) is 3.00. The van der Waals surface area contributed by atoms with Gasteiger partial charge in [0.05, 0.1) is 5.75 Å². The number of anilines is 1. The molecule has 1 heterocycles. The van der Waals surface area contributed by atoms with Crippen LogP contribution in [0.3, 0.4) is 0 Å². The van der Waals surface area contributed by atoms with Gasteiger partial charge < -0.3 is 10.5 Å². The van der Waals surface area contributed by atoms with E-state index in [1.54, 1.807) is 0 Å². The molecular weight excluding hydrogens is 340 g/mol. The zero-order chi connectivity index (χ0) is 16.8. The van der Waals surface area contributed by atoms with E-state index in [0.29, 0.717) is 5.00 Å². The van der Waals surface area contributed by atoms with E-state index in [0.717, 1.165) is 21.2 Å². The summed E-state index contributed by atoms with van der Waals surface area (Å²) in [5, 5.41) is 0.654. The molecule has 0 amide bonds. The number of carbonyl (C=O) groups is 1. The van der Waals surface area contributed by atoms with Crippen molar-refractivity contribution in [3.05, 3.63) is 66.2 Å². The van der Waals surface area contributed by atoms with Gasteiger partial charge in [-0.25, -0.2) is 4.98 Å². The van der Waals surface area contributed by atoms with Gasteiger partial charge in [0.1, 0.15) is 17.3 Å². The topological polar surface area (TPSA) is 65.2 Å². The summed E-state index contributed by atoms with van der Waals surface area (Å²) in [6.45, 7) is 0.287. The fourth-order valence-electron chi connectivity index (χ4n) is 2.08. The van der Waals surface area contributed by atoms with E-state index in [4.69, 9.17) is 10.5 Å². The maximum Gasteiger partial charge on any atom is 0.316 e. The molecule has 0 bridgehead atoms. The van der Waals surface area contributed by atoms with Crippen LogP contribution in [0.2, 0.25) is 0 Å². The fraction of sp³-hybridized carbons (Fsp3) is 0.111. The Bertz CT molecular complexity index is 804. The number of nitrogen functional groups attached to an aromatic ring is 1. The Kier molecular flexibility index (Phi) is 5.51. The lowest BCUT2D eigenvalue weighted by atomic mass is 10.2. The molecule has 2 N–H and O–H groups in total. The summed E-state index contributed by atoms with van der Waals surface area (Å²) >= 11 is 2.73. The molecule has 0 spiro atoms. The third kappa shape index (κ3) is 4.37. The number of ether oxygens (including phenoxy) is 1. The molecule has 0 fully saturated rings. The first-order valence-electron chi connectivity index (χ1n) is 7.36. The summed E-state index contributed by atoms with van der Waals surface area (Å²) in [6.07, 6.45) is 0. The molecule has 0 unspecified atom stereocenters. The molecule has 0 radical (unpaired) electrons. The van der Waals surface area contributed by atoms with Crippen LogP contribution in [-0.2, 0) is 16.1 Å². The lowest BCUT2D eigenvalue weighted by Crippen LogP contribution is -2.07. The minimum Gasteiger partial charge on any atom is -0.460 e. The number of nitrogens with zero attached hydrogens (tertiary/aromatic N) is 1. The van der Waals surface area contributed by atoms with Crippen LogP contribution in [0.5, 0.6) is 0 Å². The second kappa shape index (κ2) is 7.99. The van der Waals surface area contributed by atoms with Crippen LogP contribution in [-0.4, -0.2) is 16.7 Å². The number of aromatic nitrogens is 1. The minimum absolute atomic E-state index is 0.216. The Hall–Kier alpha value is -2.31. The third-order valence-corrected chi connectivity index (χ3v) is 5.24. The number of thioether (sulfide) groups is 1. The standard InChI is InChI=1S/C18H16N2O2S2/c19-17-16(14-9-5-2-6-10-14)20-18(24-17)23-12-15(21)22-11-13-7-3-1-4-8-13/h1-10H,11-12,19H2. The van der Waals surface area contributed by atoms with Crippen molar-refractivity contribution < 1.29 is 9.53 Å². The Morgan fingerprint density at radius 1 is 1.08 bits per heavy atom. The normalized spacial score (nSPS) is 10.5. The van der Waals surface area contributed by atoms with Crippen LogP contribution in [0.4, 0.5) is 5.00 Å². The number of hydrogen-bond donors (Lipinski definition) is 1. The molecule has 0 aliphatic rings. The molecule has 0 saturated heterocycles. The van der Waals surface area contributed by atoms with E-state index in [1.807, 2.05) is 60.7 Å². The largest absolute Gasteiger partial charge is 0.460 e. The Morgan fingerprint density at radius 2 is 1.75 bits per heavy atom. The molecule has 24 heavy (non-hydrogen) atoms. The highest BCUT2D eigenvalue weighted by Crippen LogP contribution is 2.35. The van der Waals surface area contributed by atoms with Gasteiger partial charge in [0.25, 0.3) is 0 Å². The SMILES string of the molecule is Nc1sc(SCC(=O)OCc2ccccc2)nc1-c1ccccc1. The number of benzene rings is 2. The summed E-state index contributed by atoms with van der Waals surface area (Å²) < 4.78 is 6.02. The van der Waals surface area contributed by atoms with Crippen molar-refractivity contribution in [1.29, 1.82) is 0 Å². The Morgan fingerprint density at radius 3 is 2.46 bits per heavy atom. The second-order valence-electron chi connectivity index (χ2n) is 4.99.